The Hall–Kier alpha value is -0.610. The molecular formula is C18H39N3O. The molecule has 0 aliphatic heterocycles. The minimum Gasteiger partial charge on any atom is -0.272 e. The van der Waals surface area contributed by atoms with Crippen LogP contribution in [-0.2, 0) is 4.79 Å². The van der Waals surface area contributed by atoms with Gasteiger partial charge in [-0.2, -0.15) is 0 Å². The second-order valence-electron chi connectivity index (χ2n) is 6.20. The van der Waals surface area contributed by atoms with E-state index >= 15 is 0 Å². The van der Waals surface area contributed by atoms with Gasteiger partial charge in [0.25, 0.3) is 5.91 Å². The predicted molar refractivity (Wildman–Crippen MR) is 95.2 cm³/mol. The van der Waals surface area contributed by atoms with E-state index in [2.05, 4.69) is 24.7 Å². The third-order valence-electron chi connectivity index (χ3n) is 4.42. The molecule has 1 amide bonds. The molecule has 0 spiro atoms. The summed E-state index contributed by atoms with van der Waals surface area (Å²) < 4.78 is 0. The molecule has 132 valence electrons. The normalized spacial score (nSPS) is 12.4. The van der Waals surface area contributed by atoms with Crippen LogP contribution in [0.2, 0.25) is 0 Å². The van der Waals surface area contributed by atoms with Gasteiger partial charge in [0.2, 0.25) is 0 Å². The average molecular weight is 314 g/mol. The Balaban J connectivity index is 3.61. The Morgan fingerprint density at radius 1 is 0.818 bits per heavy atom. The van der Waals surface area contributed by atoms with E-state index in [1.165, 1.54) is 69.3 Å². The van der Waals surface area contributed by atoms with Crippen LogP contribution in [-0.4, -0.2) is 25.1 Å². The van der Waals surface area contributed by atoms with E-state index in [1.54, 1.807) is 14.1 Å². The number of nitrogens with zero attached hydrogens (tertiary/aromatic N) is 1. The van der Waals surface area contributed by atoms with E-state index in [9.17, 15) is 4.79 Å². The molecule has 4 nitrogen and oxygen atoms in total. The number of rotatable bonds is 15. The summed E-state index contributed by atoms with van der Waals surface area (Å²) in [4.78, 5) is 12.2. The lowest BCUT2D eigenvalue weighted by Gasteiger charge is -2.24. The summed E-state index contributed by atoms with van der Waals surface area (Å²) in [6.45, 7) is 4.36. The summed E-state index contributed by atoms with van der Waals surface area (Å²) in [7, 11) is 3.53. The van der Waals surface area contributed by atoms with Crippen LogP contribution in [0.1, 0.15) is 90.9 Å². The first-order valence-corrected chi connectivity index (χ1v) is 9.39. The van der Waals surface area contributed by atoms with Crippen molar-refractivity contribution in [2.45, 2.75) is 90.9 Å². The lowest BCUT2D eigenvalue weighted by molar-refractivity contribution is -0.142. The smallest absolute Gasteiger partial charge is 0.254 e. The zero-order chi connectivity index (χ0) is 16.6. The topological polar surface area (TPSA) is 44.4 Å². The van der Waals surface area contributed by atoms with Crippen LogP contribution in [0.15, 0.2) is 0 Å². The molecule has 0 saturated carbocycles. The van der Waals surface area contributed by atoms with E-state index in [0.717, 1.165) is 12.8 Å². The molecule has 0 fully saturated rings. The molecule has 0 rings (SSSR count). The second-order valence-corrected chi connectivity index (χ2v) is 6.20. The van der Waals surface area contributed by atoms with Gasteiger partial charge in [-0.25, -0.2) is 16.0 Å². The fraction of sp³-hybridized carbons (Fsp3) is 0.944. The summed E-state index contributed by atoms with van der Waals surface area (Å²) in [5.41, 5.74) is 5.76. The maximum atomic E-state index is 12.2. The quantitative estimate of drug-likeness (QED) is 0.347. The summed E-state index contributed by atoms with van der Waals surface area (Å²) in [5, 5.41) is 1.49. The first-order valence-electron chi connectivity index (χ1n) is 9.39. The van der Waals surface area contributed by atoms with Crippen molar-refractivity contribution in [1.29, 1.82) is 0 Å². The van der Waals surface area contributed by atoms with Crippen LogP contribution in [0.3, 0.4) is 0 Å². The molecule has 0 bridgehead atoms. The summed E-state index contributed by atoms with van der Waals surface area (Å²) in [6.07, 6.45) is 15.3. The van der Waals surface area contributed by atoms with Crippen LogP contribution in [0.5, 0.6) is 0 Å². The maximum Gasteiger partial charge on any atom is 0.254 e. The highest BCUT2D eigenvalue weighted by Gasteiger charge is 2.20. The van der Waals surface area contributed by atoms with Crippen molar-refractivity contribution < 1.29 is 4.79 Å². The van der Waals surface area contributed by atoms with Crippen molar-refractivity contribution in [3.05, 3.63) is 0 Å². The van der Waals surface area contributed by atoms with Gasteiger partial charge in [0.05, 0.1) is 0 Å². The average Bonchev–Trinajstić information content (AvgIpc) is 2.54. The van der Waals surface area contributed by atoms with E-state index in [0.29, 0.717) is 0 Å². The van der Waals surface area contributed by atoms with Crippen molar-refractivity contribution in [1.82, 2.24) is 16.0 Å². The number of unbranched alkanes of at least 4 members (excludes halogenated alkanes) is 9. The molecule has 0 aliphatic carbocycles. The minimum absolute atomic E-state index is 0.133. The maximum absolute atomic E-state index is 12.2. The number of carbonyl (C=O) groups excluding carboxylic acids is 1. The molecule has 0 aliphatic rings. The van der Waals surface area contributed by atoms with Crippen molar-refractivity contribution >= 4 is 5.91 Å². The number of carbonyl (C=O) groups is 1. The highest BCUT2D eigenvalue weighted by atomic mass is 16.2. The Morgan fingerprint density at radius 2 is 1.27 bits per heavy atom. The molecule has 1 atom stereocenters. The molecular weight excluding hydrogens is 274 g/mol. The van der Waals surface area contributed by atoms with Crippen molar-refractivity contribution in [3.63, 3.8) is 0 Å². The van der Waals surface area contributed by atoms with Crippen molar-refractivity contribution in [3.8, 4) is 0 Å². The van der Waals surface area contributed by atoms with Crippen LogP contribution >= 0.6 is 0 Å². The number of hydrazine groups is 2. The molecule has 0 saturated heterocycles. The Kier molecular flexibility index (Phi) is 14.9. The molecule has 0 radical (unpaired) electrons. The van der Waals surface area contributed by atoms with Gasteiger partial charge in [0, 0.05) is 20.0 Å². The zero-order valence-electron chi connectivity index (χ0n) is 15.4. The van der Waals surface area contributed by atoms with E-state index in [4.69, 9.17) is 0 Å². The van der Waals surface area contributed by atoms with Crippen LogP contribution < -0.4 is 10.9 Å². The summed E-state index contributed by atoms with van der Waals surface area (Å²) in [6, 6.07) is 0. The monoisotopic (exact) mass is 313 g/mol. The first-order chi connectivity index (χ1) is 10.7. The van der Waals surface area contributed by atoms with Gasteiger partial charge < -0.3 is 0 Å². The SMILES string of the molecule is CCCCCCCCCCCCC(CC)C(=O)N(NC)NC. The Morgan fingerprint density at radius 3 is 1.68 bits per heavy atom. The molecule has 0 heterocycles. The summed E-state index contributed by atoms with van der Waals surface area (Å²) >= 11 is 0. The largest absolute Gasteiger partial charge is 0.272 e. The molecule has 0 aromatic heterocycles. The summed E-state index contributed by atoms with van der Waals surface area (Å²) in [5.74, 6) is 0.289. The van der Waals surface area contributed by atoms with Crippen LogP contribution in [0, 0.1) is 5.92 Å². The molecule has 1 unspecified atom stereocenters. The van der Waals surface area contributed by atoms with E-state index in [-0.39, 0.29) is 11.8 Å². The second kappa shape index (κ2) is 15.3. The molecule has 2 N–H and O–H groups in total. The predicted octanol–water partition coefficient (Wildman–Crippen LogP) is 4.42. The standard InChI is InChI=1S/C18H39N3O/c1-5-7-8-9-10-11-12-13-14-15-16-17(6-2)18(22)21(19-3)20-4/h17,19-20H,5-16H2,1-4H3. The van der Waals surface area contributed by atoms with Crippen molar-refractivity contribution in [2.24, 2.45) is 5.92 Å². The molecule has 4 heteroatoms. The lowest BCUT2D eigenvalue weighted by Crippen LogP contribution is -2.50. The first kappa shape index (κ1) is 21.4. The highest BCUT2D eigenvalue weighted by Crippen LogP contribution is 2.17. The van der Waals surface area contributed by atoms with Gasteiger partial charge >= 0.3 is 0 Å². The van der Waals surface area contributed by atoms with Gasteiger partial charge in [0.1, 0.15) is 0 Å². The van der Waals surface area contributed by atoms with E-state index < -0.39 is 0 Å². The fourth-order valence-corrected chi connectivity index (χ4v) is 2.90. The minimum atomic E-state index is 0.133. The van der Waals surface area contributed by atoms with Crippen LogP contribution in [0.4, 0.5) is 0 Å². The molecule has 0 aromatic rings. The number of nitrogens with one attached hydrogen (secondary N) is 2. The van der Waals surface area contributed by atoms with Gasteiger partial charge in [-0.05, 0) is 12.8 Å². The van der Waals surface area contributed by atoms with Gasteiger partial charge in [-0.3, -0.25) is 4.79 Å². The van der Waals surface area contributed by atoms with E-state index in [1.807, 2.05) is 0 Å². The number of hydrogen-bond donors (Lipinski definition) is 2. The lowest BCUT2D eigenvalue weighted by atomic mass is 9.97. The molecule has 0 aromatic carbocycles. The van der Waals surface area contributed by atoms with Gasteiger partial charge in [-0.1, -0.05) is 78.1 Å². The Labute approximate surface area is 138 Å². The number of hydrogen-bond acceptors (Lipinski definition) is 3. The van der Waals surface area contributed by atoms with Gasteiger partial charge in [-0.15, -0.1) is 0 Å². The van der Waals surface area contributed by atoms with Gasteiger partial charge in [0.15, 0.2) is 0 Å². The highest BCUT2D eigenvalue weighted by molar-refractivity contribution is 5.77. The number of amides is 1. The van der Waals surface area contributed by atoms with Crippen molar-refractivity contribution in [2.75, 3.05) is 14.1 Å². The Bertz CT molecular complexity index is 255. The third-order valence-corrected chi connectivity index (χ3v) is 4.42. The third kappa shape index (κ3) is 10.2. The zero-order valence-corrected chi connectivity index (χ0v) is 15.4. The fourth-order valence-electron chi connectivity index (χ4n) is 2.90. The molecule has 22 heavy (non-hydrogen) atoms. The van der Waals surface area contributed by atoms with Crippen LogP contribution in [0.25, 0.3) is 0 Å².